The number of hydrogen-bond acceptors (Lipinski definition) is 8. The van der Waals surface area contributed by atoms with E-state index in [1.54, 1.807) is 26.5 Å². The van der Waals surface area contributed by atoms with Crippen molar-refractivity contribution in [2.75, 3.05) is 44.7 Å². The first-order chi connectivity index (χ1) is 15.7. The zero-order chi connectivity index (χ0) is 23.8. The topological polar surface area (TPSA) is 92.3 Å². The zero-order valence-electron chi connectivity index (χ0n) is 19.3. The van der Waals surface area contributed by atoms with Gasteiger partial charge in [0.2, 0.25) is 5.95 Å². The lowest BCUT2D eigenvalue weighted by molar-refractivity contribution is 0.247. The lowest BCUT2D eigenvalue weighted by Crippen LogP contribution is -2.30. The van der Waals surface area contributed by atoms with E-state index in [1.165, 1.54) is 23.5 Å². The van der Waals surface area contributed by atoms with Gasteiger partial charge in [0.1, 0.15) is 23.7 Å². The number of fused-ring (bicyclic) bond motifs is 1. The number of likely N-dealkylation sites (N-methyl/N-ethyl adjacent to an activating group) is 1. The molecule has 0 spiro atoms. The number of methoxy groups -OCH3 is 1. The van der Waals surface area contributed by atoms with Crippen molar-refractivity contribution in [2.24, 2.45) is 0 Å². The van der Waals surface area contributed by atoms with Crippen molar-refractivity contribution in [1.82, 2.24) is 19.9 Å². The third-order valence-electron chi connectivity index (χ3n) is 5.84. The van der Waals surface area contributed by atoms with Gasteiger partial charge in [-0.15, -0.1) is 0 Å². The molecular formula is C23H27ClN6O2P. The highest BCUT2D eigenvalue weighted by Gasteiger charge is 2.24. The summed E-state index contributed by atoms with van der Waals surface area (Å²) in [6.45, 7) is 6.56. The molecule has 1 aliphatic heterocycles. The van der Waals surface area contributed by atoms with Crippen molar-refractivity contribution >= 4 is 47.3 Å². The summed E-state index contributed by atoms with van der Waals surface area (Å²) in [6.07, 6.45) is 3.99. The second-order valence-corrected chi connectivity index (χ2v) is 12.0. The Hall–Kier alpha value is -2.67. The average molecular weight is 486 g/mol. The number of ether oxygens (including phenoxy) is 1. The molecule has 3 aromatic rings. The van der Waals surface area contributed by atoms with E-state index < -0.39 is 7.14 Å². The van der Waals surface area contributed by atoms with Crippen molar-refractivity contribution in [3.63, 3.8) is 0 Å². The van der Waals surface area contributed by atoms with Crippen LogP contribution >= 0.6 is 18.7 Å². The van der Waals surface area contributed by atoms with E-state index in [0.29, 0.717) is 34.0 Å². The maximum atomic E-state index is 12.7. The van der Waals surface area contributed by atoms with Crippen LogP contribution in [0.25, 0.3) is 0 Å². The SMILES string of the molecule is COc1cc2c(cc1Nc1ncc(Cl)c(Nc3nc[c]cc3P(C)(C)=O)n1)C(C)N(C)CC2. The normalized spacial score (nSPS) is 16.2. The minimum atomic E-state index is -2.59. The molecule has 0 aliphatic carbocycles. The number of hydrogen-bond donors (Lipinski definition) is 2. The van der Waals surface area contributed by atoms with Gasteiger partial charge < -0.3 is 19.9 Å². The fraction of sp³-hybridized carbons (Fsp3) is 0.348. The molecule has 10 heteroatoms. The number of benzene rings is 1. The number of nitrogens with one attached hydrogen (secondary N) is 2. The second-order valence-electron chi connectivity index (χ2n) is 8.45. The standard InChI is InChI=1S/C23H27ClN6O2P/c1-14-16-12-18(19(32-3)11-15(16)8-10-30(14)2)27-23-26-13-17(24)21(29-23)28-22-20(33(4,5)31)7-6-9-25-22/h7,9,11-14H,8,10H2,1-5H3,(H2,25,26,27,28,29). The van der Waals surface area contributed by atoms with E-state index in [-0.39, 0.29) is 0 Å². The summed E-state index contributed by atoms with van der Waals surface area (Å²) in [7, 11) is 1.19. The highest BCUT2D eigenvalue weighted by atomic mass is 35.5. The third-order valence-corrected chi connectivity index (χ3v) is 7.62. The molecular weight excluding hydrogens is 459 g/mol. The van der Waals surface area contributed by atoms with Crippen LogP contribution < -0.4 is 20.7 Å². The van der Waals surface area contributed by atoms with Crippen LogP contribution in [0.1, 0.15) is 24.1 Å². The lowest BCUT2D eigenvalue weighted by atomic mass is 9.93. The van der Waals surface area contributed by atoms with Crippen LogP contribution in [-0.4, -0.2) is 53.9 Å². The van der Waals surface area contributed by atoms with Crippen LogP contribution in [0.2, 0.25) is 5.02 Å². The maximum Gasteiger partial charge on any atom is 0.229 e. The van der Waals surface area contributed by atoms with Gasteiger partial charge in [-0.05, 0) is 63.0 Å². The van der Waals surface area contributed by atoms with E-state index in [0.717, 1.165) is 24.4 Å². The first-order valence-electron chi connectivity index (χ1n) is 10.6. The highest BCUT2D eigenvalue weighted by Crippen LogP contribution is 2.39. The molecule has 2 aromatic heterocycles. The van der Waals surface area contributed by atoms with E-state index in [2.05, 4.69) is 62.7 Å². The summed E-state index contributed by atoms with van der Waals surface area (Å²) in [5, 5.41) is 7.25. The minimum Gasteiger partial charge on any atom is -0.495 e. The molecule has 1 radical (unpaired) electrons. The number of aromatic nitrogens is 3. The molecule has 2 N–H and O–H groups in total. The molecule has 0 saturated heterocycles. The number of anilines is 4. The molecule has 1 aliphatic rings. The average Bonchev–Trinajstić information content (AvgIpc) is 2.78. The predicted molar refractivity (Wildman–Crippen MR) is 134 cm³/mol. The smallest absolute Gasteiger partial charge is 0.229 e. The summed E-state index contributed by atoms with van der Waals surface area (Å²) in [4.78, 5) is 15.5. The largest absolute Gasteiger partial charge is 0.495 e. The Morgan fingerprint density at radius 3 is 2.76 bits per heavy atom. The van der Waals surface area contributed by atoms with Crippen LogP contribution in [-0.2, 0) is 11.0 Å². The summed E-state index contributed by atoms with van der Waals surface area (Å²) in [6, 6.07) is 9.01. The molecule has 0 bridgehead atoms. The Labute approximate surface area is 199 Å². The van der Waals surface area contributed by atoms with Gasteiger partial charge in [0.15, 0.2) is 5.82 Å². The van der Waals surface area contributed by atoms with Gasteiger partial charge in [-0.2, -0.15) is 4.98 Å². The third kappa shape index (κ3) is 4.98. The van der Waals surface area contributed by atoms with Crippen molar-refractivity contribution in [3.05, 3.63) is 52.8 Å². The molecule has 3 heterocycles. The molecule has 173 valence electrons. The van der Waals surface area contributed by atoms with Gasteiger partial charge in [-0.1, -0.05) is 11.6 Å². The van der Waals surface area contributed by atoms with Crippen molar-refractivity contribution < 1.29 is 9.30 Å². The van der Waals surface area contributed by atoms with Crippen molar-refractivity contribution in [3.8, 4) is 5.75 Å². The van der Waals surface area contributed by atoms with E-state index in [4.69, 9.17) is 16.3 Å². The minimum absolute atomic E-state index is 0.293. The maximum absolute atomic E-state index is 12.7. The molecule has 33 heavy (non-hydrogen) atoms. The first kappa shape index (κ1) is 23.5. The Bertz CT molecular complexity index is 1230. The van der Waals surface area contributed by atoms with Gasteiger partial charge in [-0.3, -0.25) is 4.90 Å². The van der Waals surface area contributed by atoms with Crippen LogP contribution in [0.5, 0.6) is 5.75 Å². The van der Waals surface area contributed by atoms with Gasteiger partial charge in [0.25, 0.3) is 0 Å². The number of pyridine rings is 1. The fourth-order valence-electron chi connectivity index (χ4n) is 3.85. The second kappa shape index (κ2) is 9.29. The molecule has 1 atom stereocenters. The van der Waals surface area contributed by atoms with Gasteiger partial charge in [0.05, 0.1) is 24.3 Å². The Kier molecular flexibility index (Phi) is 6.61. The number of nitrogens with zero attached hydrogens (tertiary/aromatic N) is 4. The van der Waals surface area contributed by atoms with E-state index in [1.807, 2.05) is 0 Å². The summed E-state index contributed by atoms with van der Waals surface area (Å²) < 4.78 is 18.3. The van der Waals surface area contributed by atoms with Crippen molar-refractivity contribution in [1.29, 1.82) is 0 Å². The molecule has 0 amide bonds. The molecule has 0 saturated carbocycles. The summed E-state index contributed by atoms with van der Waals surface area (Å²) >= 11 is 6.35. The van der Waals surface area contributed by atoms with E-state index >= 15 is 0 Å². The van der Waals surface area contributed by atoms with Gasteiger partial charge in [-0.25, -0.2) is 9.97 Å². The Morgan fingerprint density at radius 1 is 1.24 bits per heavy atom. The molecule has 1 unspecified atom stereocenters. The monoisotopic (exact) mass is 485 g/mol. The summed E-state index contributed by atoms with van der Waals surface area (Å²) in [5.74, 6) is 1.85. The zero-order valence-corrected chi connectivity index (χ0v) is 21.0. The quantitative estimate of drug-likeness (QED) is 0.489. The number of rotatable bonds is 6. The summed E-state index contributed by atoms with van der Waals surface area (Å²) in [5.41, 5.74) is 3.30. The van der Waals surface area contributed by atoms with Crippen LogP contribution in [0.4, 0.5) is 23.3 Å². The van der Waals surface area contributed by atoms with Crippen LogP contribution in [0.15, 0.2) is 30.6 Å². The van der Waals surface area contributed by atoms with Gasteiger partial charge in [0, 0.05) is 24.8 Å². The highest BCUT2D eigenvalue weighted by molar-refractivity contribution is 7.70. The Balaban J connectivity index is 1.67. The molecule has 0 fully saturated rings. The molecule has 1 aromatic carbocycles. The van der Waals surface area contributed by atoms with Gasteiger partial charge >= 0.3 is 0 Å². The predicted octanol–water partition coefficient (Wildman–Crippen LogP) is 4.62. The van der Waals surface area contributed by atoms with Crippen molar-refractivity contribution in [2.45, 2.75) is 19.4 Å². The molecule has 8 nitrogen and oxygen atoms in total. The fourth-order valence-corrected chi connectivity index (χ4v) is 4.99. The van der Waals surface area contributed by atoms with Crippen LogP contribution in [0.3, 0.4) is 0 Å². The van der Waals surface area contributed by atoms with Crippen LogP contribution in [0, 0.1) is 6.07 Å². The first-order valence-corrected chi connectivity index (χ1v) is 13.5. The lowest BCUT2D eigenvalue weighted by Gasteiger charge is -2.33. The number of halogens is 1. The van der Waals surface area contributed by atoms with E-state index in [9.17, 15) is 4.57 Å². The molecule has 4 rings (SSSR count). The Morgan fingerprint density at radius 2 is 2.03 bits per heavy atom.